The first-order chi connectivity index (χ1) is 10.2. The average molecular weight is 288 g/mol. The Hall–Kier alpha value is -1.55. The Morgan fingerprint density at radius 3 is 2.71 bits per heavy atom. The minimum absolute atomic E-state index is 0.763. The van der Waals surface area contributed by atoms with Crippen molar-refractivity contribution in [1.29, 1.82) is 0 Å². The molecule has 116 valence electrons. The number of aryl methyl sites for hydroxylation is 1. The van der Waals surface area contributed by atoms with Gasteiger partial charge in [-0.05, 0) is 51.4 Å². The van der Waals surface area contributed by atoms with Crippen LogP contribution in [0.5, 0.6) is 0 Å². The molecule has 1 heterocycles. The minimum atomic E-state index is 0.763. The molecule has 1 aromatic carbocycles. The maximum absolute atomic E-state index is 4.31. The second-order valence-electron chi connectivity index (χ2n) is 6.04. The van der Waals surface area contributed by atoms with Gasteiger partial charge in [0.25, 0.3) is 0 Å². The molecule has 0 aromatic heterocycles. The van der Waals surface area contributed by atoms with Gasteiger partial charge in [-0.1, -0.05) is 29.8 Å². The van der Waals surface area contributed by atoms with Crippen LogP contribution in [-0.2, 0) is 6.54 Å². The first kappa shape index (κ1) is 15.8. The molecule has 0 unspecified atom stereocenters. The highest BCUT2D eigenvalue weighted by molar-refractivity contribution is 5.79. The van der Waals surface area contributed by atoms with Gasteiger partial charge in [0.05, 0.1) is 0 Å². The maximum atomic E-state index is 4.31. The normalized spacial score (nSPS) is 17.8. The second kappa shape index (κ2) is 8.03. The van der Waals surface area contributed by atoms with E-state index >= 15 is 0 Å². The minimum Gasteiger partial charge on any atom is -0.356 e. The summed E-state index contributed by atoms with van der Waals surface area (Å²) in [6.07, 6.45) is 2.55. The number of likely N-dealkylation sites (tertiary alicyclic amines) is 1. The Balaban J connectivity index is 1.73. The van der Waals surface area contributed by atoms with Crippen LogP contribution in [0.1, 0.15) is 24.0 Å². The molecule has 1 aliphatic rings. The molecule has 0 amide bonds. The van der Waals surface area contributed by atoms with E-state index in [2.05, 4.69) is 58.8 Å². The molecule has 0 aliphatic carbocycles. The smallest absolute Gasteiger partial charge is 0.191 e. The predicted molar refractivity (Wildman–Crippen MR) is 89.6 cm³/mol. The van der Waals surface area contributed by atoms with E-state index in [1.807, 2.05) is 7.05 Å². The van der Waals surface area contributed by atoms with Gasteiger partial charge in [-0.25, -0.2) is 0 Å². The summed E-state index contributed by atoms with van der Waals surface area (Å²) >= 11 is 0. The predicted octanol–water partition coefficient (Wildman–Crippen LogP) is 2.00. The molecule has 1 saturated heterocycles. The first-order valence-corrected chi connectivity index (χ1v) is 7.86. The number of nitrogens with zero attached hydrogens (tertiary/aromatic N) is 2. The third-order valence-electron chi connectivity index (χ3n) is 4.16. The molecule has 1 aromatic rings. The molecule has 1 fully saturated rings. The third kappa shape index (κ3) is 5.38. The van der Waals surface area contributed by atoms with Crippen LogP contribution in [-0.4, -0.2) is 44.6 Å². The second-order valence-corrected chi connectivity index (χ2v) is 6.04. The highest BCUT2D eigenvalue weighted by Crippen LogP contribution is 2.14. The lowest BCUT2D eigenvalue weighted by molar-refractivity contribution is 0.220. The van der Waals surface area contributed by atoms with Crippen LogP contribution >= 0.6 is 0 Å². The van der Waals surface area contributed by atoms with Crippen molar-refractivity contribution in [3.05, 3.63) is 35.4 Å². The summed E-state index contributed by atoms with van der Waals surface area (Å²) in [6, 6.07) is 8.57. The number of benzene rings is 1. The Morgan fingerprint density at radius 1 is 1.29 bits per heavy atom. The number of nitrogens with one attached hydrogen (secondary N) is 2. The van der Waals surface area contributed by atoms with Crippen LogP contribution < -0.4 is 10.6 Å². The van der Waals surface area contributed by atoms with Gasteiger partial charge in [-0.3, -0.25) is 4.99 Å². The molecule has 0 atom stereocenters. The number of guanidine groups is 1. The molecule has 0 saturated carbocycles. The maximum Gasteiger partial charge on any atom is 0.191 e. The molecular weight excluding hydrogens is 260 g/mol. The van der Waals surface area contributed by atoms with E-state index in [9.17, 15) is 0 Å². The lowest BCUT2D eigenvalue weighted by Crippen LogP contribution is -2.42. The Labute approximate surface area is 128 Å². The Kier molecular flexibility index (Phi) is 6.05. The fourth-order valence-corrected chi connectivity index (χ4v) is 2.74. The summed E-state index contributed by atoms with van der Waals surface area (Å²) in [7, 11) is 4.03. The monoisotopic (exact) mass is 288 g/mol. The number of hydrogen-bond acceptors (Lipinski definition) is 2. The Morgan fingerprint density at radius 2 is 2.05 bits per heavy atom. The average Bonchev–Trinajstić information content (AvgIpc) is 2.49. The van der Waals surface area contributed by atoms with E-state index in [0.29, 0.717) is 0 Å². The quantitative estimate of drug-likeness (QED) is 0.657. The van der Waals surface area contributed by atoms with Crippen molar-refractivity contribution in [2.24, 2.45) is 10.9 Å². The summed E-state index contributed by atoms with van der Waals surface area (Å²) < 4.78 is 0. The fraction of sp³-hybridized carbons (Fsp3) is 0.588. The van der Waals surface area contributed by atoms with Crippen LogP contribution in [0.2, 0.25) is 0 Å². The standard InChI is InChI=1S/C17H28N4/c1-14-5-4-6-16(11-14)13-20-17(18-2)19-12-15-7-9-21(3)10-8-15/h4-6,11,15H,7-10,12-13H2,1-3H3,(H2,18,19,20). The highest BCUT2D eigenvalue weighted by Gasteiger charge is 2.16. The van der Waals surface area contributed by atoms with E-state index < -0.39 is 0 Å². The van der Waals surface area contributed by atoms with Crippen LogP contribution in [0.25, 0.3) is 0 Å². The van der Waals surface area contributed by atoms with E-state index in [-0.39, 0.29) is 0 Å². The molecule has 1 aliphatic heterocycles. The molecular formula is C17H28N4. The molecule has 21 heavy (non-hydrogen) atoms. The van der Waals surface area contributed by atoms with Crippen molar-refractivity contribution in [1.82, 2.24) is 15.5 Å². The van der Waals surface area contributed by atoms with Gasteiger partial charge in [0.1, 0.15) is 0 Å². The van der Waals surface area contributed by atoms with Gasteiger partial charge in [0.15, 0.2) is 5.96 Å². The van der Waals surface area contributed by atoms with Gasteiger partial charge in [0.2, 0.25) is 0 Å². The first-order valence-electron chi connectivity index (χ1n) is 7.86. The molecule has 0 bridgehead atoms. The van der Waals surface area contributed by atoms with Crippen molar-refractivity contribution < 1.29 is 0 Å². The third-order valence-corrected chi connectivity index (χ3v) is 4.16. The zero-order chi connectivity index (χ0) is 15.1. The molecule has 0 spiro atoms. The molecule has 2 N–H and O–H groups in total. The van der Waals surface area contributed by atoms with Gasteiger partial charge in [-0.15, -0.1) is 0 Å². The van der Waals surface area contributed by atoms with E-state index in [1.165, 1.54) is 37.1 Å². The van der Waals surface area contributed by atoms with Gasteiger partial charge < -0.3 is 15.5 Å². The van der Waals surface area contributed by atoms with Crippen molar-refractivity contribution >= 4 is 5.96 Å². The SMILES string of the molecule is CN=C(NCc1cccc(C)c1)NCC1CCN(C)CC1. The number of hydrogen-bond donors (Lipinski definition) is 2. The molecule has 0 radical (unpaired) electrons. The molecule has 4 heteroatoms. The summed E-state index contributed by atoms with van der Waals surface area (Å²) in [4.78, 5) is 6.71. The summed E-state index contributed by atoms with van der Waals surface area (Å²) in [5.74, 6) is 1.66. The van der Waals surface area contributed by atoms with E-state index in [1.54, 1.807) is 0 Å². The Bertz CT molecular complexity index is 462. The van der Waals surface area contributed by atoms with Crippen LogP contribution in [0.15, 0.2) is 29.3 Å². The van der Waals surface area contributed by atoms with E-state index in [4.69, 9.17) is 0 Å². The van der Waals surface area contributed by atoms with Crippen LogP contribution in [0.4, 0.5) is 0 Å². The summed E-state index contributed by atoms with van der Waals surface area (Å²) in [5, 5.41) is 6.85. The number of rotatable bonds is 4. The number of aliphatic imine (C=N–C) groups is 1. The number of piperidine rings is 1. The lowest BCUT2D eigenvalue weighted by Gasteiger charge is -2.29. The zero-order valence-electron chi connectivity index (χ0n) is 13.5. The van der Waals surface area contributed by atoms with Gasteiger partial charge >= 0.3 is 0 Å². The summed E-state index contributed by atoms with van der Waals surface area (Å²) in [6.45, 7) is 6.37. The summed E-state index contributed by atoms with van der Waals surface area (Å²) in [5.41, 5.74) is 2.58. The van der Waals surface area contributed by atoms with E-state index in [0.717, 1.165) is 25.0 Å². The van der Waals surface area contributed by atoms with Crippen molar-refractivity contribution in [2.75, 3.05) is 33.7 Å². The van der Waals surface area contributed by atoms with Crippen molar-refractivity contribution in [3.8, 4) is 0 Å². The van der Waals surface area contributed by atoms with Crippen LogP contribution in [0.3, 0.4) is 0 Å². The molecule has 4 nitrogen and oxygen atoms in total. The van der Waals surface area contributed by atoms with Crippen molar-refractivity contribution in [3.63, 3.8) is 0 Å². The molecule has 2 rings (SSSR count). The fourth-order valence-electron chi connectivity index (χ4n) is 2.74. The van der Waals surface area contributed by atoms with Gasteiger partial charge in [-0.2, -0.15) is 0 Å². The zero-order valence-corrected chi connectivity index (χ0v) is 13.5. The topological polar surface area (TPSA) is 39.7 Å². The van der Waals surface area contributed by atoms with Crippen LogP contribution in [0, 0.1) is 12.8 Å². The van der Waals surface area contributed by atoms with Crippen molar-refractivity contribution in [2.45, 2.75) is 26.3 Å². The largest absolute Gasteiger partial charge is 0.356 e. The lowest BCUT2D eigenvalue weighted by atomic mass is 9.97. The van der Waals surface area contributed by atoms with Gasteiger partial charge in [0, 0.05) is 20.1 Å². The highest BCUT2D eigenvalue weighted by atomic mass is 15.2.